The SMILES string of the molecule is CC(C)(CCOCC(=O)N1CCN(c2ccc(C#N)cn2)CC1)Nc1cn[nH]c(=O)c1C(F)(F)F. The van der Waals surface area contributed by atoms with Crippen LogP contribution in [0.1, 0.15) is 31.4 Å². The monoisotopic (exact) mass is 493 g/mol. The first kappa shape index (κ1) is 26.0. The number of rotatable bonds is 8. The number of ether oxygens (including phenoxy) is 1. The Morgan fingerprint density at radius 2 is 1.94 bits per heavy atom. The van der Waals surface area contributed by atoms with Gasteiger partial charge in [-0.1, -0.05) is 0 Å². The van der Waals surface area contributed by atoms with Gasteiger partial charge in [-0.25, -0.2) is 10.1 Å². The zero-order valence-electron chi connectivity index (χ0n) is 19.4. The predicted octanol–water partition coefficient (Wildman–Crippen LogP) is 2.00. The van der Waals surface area contributed by atoms with E-state index in [1.807, 2.05) is 11.0 Å². The van der Waals surface area contributed by atoms with E-state index in [2.05, 4.69) is 15.4 Å². The van der Waals surface area contributed by atoms with Crippen molar-refractivity contribution in [3.05, 3.63) is 46.0 Å². The maximum absolute atomic E-state index is 13.2. The Morgan fingerprint density at radius 3 is 2.54 bits per heavy atom. The average molecular weight is 493 g/mol. The lowest BCUT2D eigenvalue weighted by molar-refractivity contribution is -0.138. The summed E-state index contributed by atoms with van der Waals surface area (Å²) in [4.78, 5) is 32.1. The Balaban J connectivity index is 1.44. The summed E-state index contributed by atoms with van der Waals surface area (Å²) in [5.41, 5.74) is -3.47. The molecule has 1 amide bonds. The fourth-order valence-electron chi connectivity index (χ4n) is 3.60. The maximum atomic E-state index is 13.2. The Labute approximate surface area is 199 Å². The molecule has 0 aromatic carbocycles. The van der Waals surface area contributed by atoms with Crippen LogP contribution < -0.4 is 15.8 Å². The highest BCUT2D eigenvalue weighted by atomic mass is 19.4. The highest BCUT2D eigenvalue weighted by Gasteiger charge is 2.38. The van der Waals surface area contributed by atoms with E-state index in [0.29, 0.717) is 31.7 Å². The van der Waals surface area contributed by atoms with Crippen LogP contribution in [0.2, 0.25) is 0 Å². The number of hydrogen-bond acceptors (Lipinski definition) is 8. The molecule has 0 atom stereocenters. The van der Waals surface area contributed by atoms with Crippen molar-refractivity contribution in [2.24, 2.45) is 0 Å². The quantitative estimate of drug-likeness (QED) is 0.535. The summed E-state index contributed by atoms with van der Waals surface area (Å²) in [5.74, 6) is 0.563. The van der Waals surface area contributed by atoms with Crippen LogP contribution in [-0.4, -0.2) is 70.9 Å². The normalized spacial score (nSPS) is 14.5. The summed E-state index contributed by atoms with van der Waals surface area (Å²) >= 11 is 0. The Morgan fingerprint density at radius 1 is 1.23 bits per heavy atom. The molecule has 0 unspecified atom stereocenters. The topological polar surface area (TPSA) is 127 Å². The first-order valence-corrected chi connectivity index (χ1v) is 10.9. The molecule has 0 radical (unpaired) electrons. The largest absolute Gasteiger partial charge is 0.423 e. The molecule has 1 aliphatic rings. The molecule has 2 aromatic heterocycles. The Hall–Kier alpha value is -3.66. The van der Waals surface area contributed by atoms with Gasteiger partial charge in [-0.2, -0.15) is 23.5 Å². The summed E-state index contributed by atoms with van der Waals surface area (Å²) < 4.78 is 45.2. The number of nitrogens with zero attached hydrogens (tertiary/aromatic N) is 5. The molecule has 3 heterocycles. The maximum Gasteiger partial charge on any atom is 0.423 e. The van der Waals surface area contributed by atoms with E-state index in [0.717, 1.165) is 12.0 Å². The summed E-state index contributed by atoms with van der Waals surface area (Å²) in [6.07, 6.45) is -2.13. The number of alkyl halides is 3. The van der Waals surface area contributed by atoms with Gasteiger partial charge in [0.25, 0.3) is 5.56 Å². The van der Waals surface area contributed by atoms with Crippen molar-refractivity contribution < 1.29 is 22.7 Å². The number of aromatic amines is 1. The third-order valence-electron chi connectivity index (χ3n) is 5.54. The number of hydrogen-bond donors (Lipinski definition) is 2. The average Bonchev–Trinajstić information content (AvgIpc) is 2.81. The van der Waals surface area contributed by atoms with Gasteiger partial charge in [-0.05, 0) is 32.4 Å². The van der Waals surface area contributed by atoms with Crippen LogP contribution in [0, 0.1) is 11.3 Å². The van der Waals surface area contributed by atoms with Gasteiger partial charge in [0.05, 0.1) is 17.4 Å². The van der Waals surface area contributed by atoms with E-state index in [4.69, 9.17) is 10.00 Å². The molecule has 2 aromatic rings. The van der Waals surface area contributed by atoms with Crippen LogP contribution in [0.5, 0.6) is 0 Å². The number of pyridine rings is 1. The van der Waals surface area contributed by atoms with E-state index in [1.165, 1.54) is 6.20 Å². The van der Waals surface area contributed by atoms with Crippen molar-refractivity contribution in [1.29, 1.82) is 5.26 Å². The van der Waals surface area contributed by atoms with Gasteiger partial charge in [-0.3, -0.25) is 9.59 Å². The number of halogens is 3. The van der Waals surface area contributed by atoms with E-state index < -0.39 is 28.5 Å². The Bertz CT molecular complexity index is 1120. The first-order valence-electron chi connectivity index (χ1n) is 10.9. The zero-order valence-corrected chi connectivity index (χ0v) is 19.4. The minimum atomic E-state index is -4.84. The van der Waals surface area contributed by atoms with Crippen LogP contribution in [0.3, 0.4) is 0 Å². The van der Waals surface area contributed by atoms with Gasteiger partial charge in [0.1, 0.15) is 24.1 Å². The van der Waals surface area contributed by atoms with E-state index in [1.54, 1.807) is 36.0 Å². The Kier molecular flexibility index (Phi) is 7.96. The smallest absolute Gasteiger partial charge is 0.378 e. The minimum absolute atomic E-state index is 0.124. The van der Waals surface area contributed by atoms with Crippen LogP contribution in [0.4, 0.5) is 24.7 Å². The fourth-order valence-corrected chi connectivity index (χ4v) is 3.60. The summed E-state index contributed by atoms with van der Waals surface area (Å²) in [6, 6.07) is 5.49. The number of aromatic nitrogens is 3. The molecular weight excluding hydrogens is 467 g/mol. The van der Waals surface area contributed by atoms with Crippen molar-refractivity contribution in [3.63, 3.8) is 0 Å². The molecule has 1 saturated heterocycles. The lowest BCUT2D eigenvalue weighted by atomic mass is 10.0. The first-order chi connectivity index (χ1) is 16.5. The molecule has 13 heteroatoms. The van der Waals surface area contributed by atoms with Gasteiger partial charge in [0.2, 0.25) is 5.91 Å². The van der Waals surface area contributed by atoms with Gasteiger partial charge < -0.3 is 19.9 Å². The molecule has 2 N–H and O–H groups in total. The number of nitrogens with one attached hydrogen (secondary N) is 2. The van der Waals surface area contributed by atoms with E-state index >= 15 is 0 Å². The second-order valence-corrected chi connectivity index (χ2v) is 8.68. The minimum Gasteiger partial charge on any atom is -0.378 e. The molecule has 3 rings (SSSR count). The number of piperazine rings is 1. The summed E-state index contributed by atoms with van der Waals surface area (Å²) in [6.45, 7) is 5.47. The van der Waals surface area contributed by atoms with E-state index in [-0.39, 0.29) is 25.5 Å². The van der Waals surface area contributed by atoms with Crippen molar-refractivity contribution in [2.75, 3.05) is 49.6 Å². The van der Waals surface area contributed by atoms with E-state index in [9.17, 15) is 22.8 Å². The zero-order chi connectivity index (χ0) is 25.6. The van der Waals surface area contributed by atoms with Crippen molar-refractivity contribution in [1.82, 2.24) is 20.1 Å². The lowest BCUT2D eigenvalue weighted by Crippen LogP contribution is -2.50. The molecule has 188 valence electrons. The highest BCUT2D eigenvalue weighted by Crippen LogP contribution is 2.33. The van der Waals surface area contributed by atoms with Crippen LogP contribution >= 0.6 is 0 Å². The second-order valence-electron chi connectivity index (χ2n) is 8.68. The number of carbonyl (C=O) groups is 1. The number of carbonyl (C=O) groups excluding carboxylic acids is 1. The highest BCUT2D eigenvalue weighted by molar-refractivity contribution is 5.77. The standard InChI is InChI=1S/C22H26F3N7O3/c1-21(2,29-16-13-28-30-20(34)19(16)22(23,24)25)5-10-35-14-18(33)32-8-6-31(7-9-32)17-4-3-15(11-26)12-27-17/h3-4,12-13H,5-10,14H2,1-2H3,(H2,29,30,34). The van der Waals surface area contributed by atoms with Gasteiger partial charge in [0, 0.05) is 44.5 Å². The van der Waals surface area contributed by atoms with Crippen molar-refractivity contribution >= 4 is 17.4 Å². The van der Waals surface area contributed by atoms with Crippen LogP contribution in [0.15, 0.2) is 29.3 Å². The summed E-state index contributed by atoms with van der Waals surface area (Å²) in [5, 5.41) is 16.8. The van der Waals surface area contributed by atoms with Gasteiger partial charge in [0.15, 0.2) is 0 Å². The molecular formula is C22H26F3N7O3. The van der Waals surface area contributed by atoms with Crippen LogP contribution in [0.25, 0.3) is 0 Å². The molecule has 0 spiro atoms. The van der Waals surface area contributed by atoms with Crippen molar-refractivity contribution in [2.45, 2.75) is 32.0 Å². The molecule has 10 nitrogen and oxygen atoms in total. The lowest BCUT2D eigenvalue weighted by Gasteiger charge is -2.35. The van der Waals surface area contributed by atoms with Crippen molar-refractivity contribution in [3.8, 4) is 6.07 Å². The third-order valence-corrected chi connectivity index (χ3v) is 5.54. The number of nitriles is 1. The fraction of sp³-hybridized carbons (Fsp3) is 0.500. The molecule has 35 heavy (non-hydrogen) atoms. The molecule has 0 aliphatic carbocycles. The number of H-pyrrole nitrogens is 1. The predicted molar refractivity (Wildman–Crippen MR) is 121 cm³/mol. The van der Waals surface area contributed by atoms with Crippen LogP contribution in [-0.2, 0) is 15.7 Å². The number of anilines is 2. The molecule has 1 fully saturated rings. The van der Waals surface area contributed by atoms with Gasteiger partial charge in [-0.15, -0.1) is 0 Å². The van der Waals surface area contributed by atoms with Gasteiger partial charge >= 0.3 is 6.18 Å². The third kappa shape index (κ3) is 6.92. The molecule has 1 aliphatic heterocycles. The summed E-state index contributed by atoms with van der Waals surface area (Å²) in [7, 11) is 0. The second kappa shape index (κ2) is 10.7. The molecule has 0 bridgehead atoms. The molecule has 0 saturated carbocycles. The number of amides is 1.